The number of nitrogens with zero attached hydrogens (tertiary/aromatic N) is 2. The maximum absolute atomic E-state index is 5.14. The molecule has 0 aromatic carbocycles. The van der Waals surface area contributed by atoms with Crippen molar-refractivity contribution < 1.29 is 0 Å². The van der Waals surface area contributed by atoms with Crippen molar-refractivity contribution in [2.24, 2.45) is 0 Å². The van der Waals surface area contributed by atoms with E-state index in [9.17, 15) is 0 Å². The fourth-order valence-corrected chi connectivity index (χ4v) is 12.2. The van der Waals surface area contributed by atoms with Crippen LogP contribution < -0.4 is 0 Å². The minimum atomic E-state index is 0.888. The fourth-order valence-electron chi connectivity index (χ4n) is 0.258. The second-order valence-electron chi connectivity index (χ2n) is 2.76. The zero-order chi connectivity index (χ0) is 12.6. The van der Waals surface area contributed by atoms with Gasteiger partial charge in [-0.3, -0.25) is 0 Å². The van der Waals surface area contributed by atoms with Crippen LogP contribution in [0.15, 0.2) is 0 Å². The van der Waals surface area contributed by atoms with Crippen LogP contribution in [0.5, 0.6) is 0 Å². The lowest BCUT2D eigenvalue weighted by atomic mass is 11.0. The summed E-state index contributed by atoms with van der Waals surface area (Å²) in [6.07, 6.45) is 0. The molecule has 0 amide bonds. The van der Waals surface area contributed by atoms with E-state index >= 15 is 0 Å². The zero-order valence-electron chi connectivity index (χ0n) is 9.16. The van der Waals surface area contributed by atoms with Crippen molar-refractivity contribution >= 4 is 94.0 Å². The molecule has 0 aliphatic heterocycles. The summed E-state index contributed by atoms with van der Waals surface area (Å²) in [5, 5.41) is 0. The Morgan fingerprint density at radius 1 is 0.688 bits per heavy atom. The van der Waals surface area contributed by atoms with Crippen LogP contribution in [0.25, 0.3) is 0 Å². The SMILES string of the molecule is CN(C)C(=S)SSSSSSC(=S)N(C)C. The summed E-state index contributed by atoms with van der Waals surface area (Å²) in [6, 6.07) is 0. The number of thiocarbonyl (C=S) groups is 2. The molecule has 0 radical (unpaired) electrons. The average molecular weight is 369 g/mol. The van der Waals surface area contributed by atoms with Crippen LogP contribution in [-0.4, -0.2) is 46.6 Å². The Bertz CT molecular complexity index is 207. The summed E-state index contributed by atoms with van der Waals surface area (Å²) >= 11 is 10.3. The molecule has 0 atom stereocenters. The maximum Gasteiger partial charge on any atom is 0.147 e. The Hall–Kier alpha value is 1.88. The van der Waals surface area contributed by atoms with Crippen molar-refractivity contribution in [1.82, 2.24) is 9.80 Å². The summed E-state index contributed by atoms with van der Waals surface area (Å²) in [6.45, 7) is 0. The first-order valence-electron chi connectivity index (χ1n) is 3.89. The number of hydrogen-bond acceptors (Lipinski definition) is 8. The first kappa shape index (κ1) is 17.9. The molecular weight excluding hydrogens is 357 g/mol. The molecule has 0 unspecified atom stereocenters. The molecule has 94 valence electrons. The van der Waals surface area contributed by atoms with Gasteiger partial charge in [0.05, 0.1) is 0 Å². The first-order chi connectivity index (χ1) is 7.45. The third kappa shape index (κ3) is 9.86. The molecule has 0 aromatic heterocycles. The van der Waals surface area contributed by atoms with Crippen LogP contribution in [0, 0.1) is 0 Å². The van der Waals surface area contributed by atoms with Crippen molar-refractivity contribution in [2.75, 3.05) is 28.2 Å². The minimum absolute atomic E-state index is 0.888. The normalized spacial score (nSPS) is 10.0. The molecule has 0 rings (SSSR count). The Morgan fingerprint density at radius 3 is 1.25 bits per heavy atom. The molecule has 0 aliphatic rings. The standard InChI is InChI=1S/C6H12N2S8/c1-7(2)5(9)11-13-15-16-14-12-6(10)8(3)4/h1-4H3. The van der Waals surface area contributed by atoms with Crippen LogP contribution in [0.3, 0.4) is 0 Å². The lowest BCUT2D eigenvalue weighted by Crippen LogP contribution is -2.14. The van der Waals surface area contributed by atoms with Crippen LogP contribution in [0.2, 0.25) is 0 Å². The van der Waals surface area contributed by atoms with E-state index in [1.54, 1.807) is 60.9 Å². The Balaban J connectivity index is 3.35. The van der Waals surface area contributed by atoms with Crippen molar-refractivity contribution in [1.29, 1.82) is 0 Å². The minimum Gasteiger partial charge on any atom is -0.363 e. The third-order valence-corrected chi connectivity index (χ3v) is 13.3. The Morgan fingerprint density at radius 2 is 1.00 bits per heavy atom. The number of rotatable bonds is 5. The molecule has 0 saturated heterocycles. The van der Waals surface area contributed by atoms with E-state index in [1.165, 1.54) is 0 Å². The summed E-state index contributed by atoms with van der Waals surface area (Å²) in [5.41, 5.74) is 0. The lowest BCUT2D eigenvalue weighted by Gasteiger charge is -2.11. The topological polar surface area (TPSA) is 6.48 Å². The summed E-state index contributed by atoms with van der Waals surface area (Å²) in [7, 11) is 17.8. The van der Waals surface area contributed by atoms with Gasteiger partial charge in [-0.25, -0.2) is 0 Å². The van der Waals surface area contributed by atoms with Gasteiger partial charge in [-0.1, -0.05) is 24.4 Å². The van der Waals surface area contributed by atoms with Gasteiger partial charge in [0.1, 0.15) is 8.64 Å². The predicted molar refractivity (Wildman–Crippen MR) is 98.1 cm³/mol. The molecule has 0 heterocycles. The molecule has 0 saturated carbocycles. The van der Waals surface area contributed by atoms with Crippen LogP contribution in [0.1, 0.15) is 0 Å². The van der Waals surface area contributed by atoms with Gasteiger partial charge in [-0.15, -0.1) is 0 Å². The maximum atomic E-state index is 5.14. The Kier molecular flexibility index (Phi) is 12.0. The molecule has 10 heteroatoms. The summed E-state index contributed by atoms with van der Waals surface area (Å²) in [4.78, 5) is 3.86. The Labute approximate surface area is 131 Å². The fraction of sp³-hybridized carbons (Fsp3) is 0.667. The molecule has 0 bridgehead atoms. The summed E-state index contributed by atoms with van der Waals surface area (Å²) in [5.74, 6) is 0. The monoisotopic (exact) mass is 368 g/mol. The molecule has 0 fully saturated rings. The largest absolute Gasteiger partial charge is 0.363 e. The van der Waals surface area contributed by atoms with Gasteiger partial charge in [-0.05, 0) is 60.9 Å². The highest BCUT2D eigenvalue weighted by molar-refractivity contribution is 9.43. The van der Waals surface area contributed by atoms with E-state index in [0.29, 0.717) is 0 Å². The van der Waals surface area contributed by atoms with Crippen molar-refractivity contribution in [3.8, 4) is 0 Å². The van der Waals surface area contributed by atoms with E-state index in [-0.39, 0.29) is 0 Å². The van der Waals surface area contributed by atoms with E-state index in [4.69, 9.17) is 24.4 Å². The first-order valence-corrected chi connectivity index (χ1v) is 12.2. The van der Waals surface area contributed by atoms with E-state index in [1.807, 2.05) is 38.0 Å². The van der Waals surface area contributed by atoms with E-state index in [2.05, 4.69) is 0 Å². The van der Waals surface area contributed by atoms with Gasteiger partial charge in [0.25, 0.3) is 0 Å². The zero-order valence-corrected chi connectivity index (χ0v) is 15.7. The molecular formula is C6H12N2S8. The highest BCUT2D eigenvalue weighted by Crippen LogP contribution is 2.52. The van der Waals surface area contributed by atoms with Crippen molar-refractivity contribution in [3.05, 3.63) is 0 Å². The van der Waals surface area contributed by atoms with Gasteiger partial charge in [-0.2, -0.15) is 0 Å². The lowest BCUT2D eigenvalue weighted by molar-refractivity contribution is 0.648. The molecule has 2 nitrogen and oxygen atoms in total. The number of hydrogen-bond donors (Lipinski definition) is 0. The van der Waals surface area contributed by atoms with Crippen LogP contribution in [-0.2, 0) is 0 Å². The van der Waals surface area contributed by atoms with Gasteiger partial charge < -0.3 is 9.80 Å². The third-order valence-electron chi connectivity index (χ3n) is 1.02. The quantitative estimate of drug-likeness (QED) is 0.382. The smallest absolute Gasteiger partial charge is 0.147 e. The molecule has 16 heavy (non-hydrogen) atoms. The van der Waals surface area contributed by atoms with Gasteiger partial charge in [0.15, 0.2) is 0 Å². The van der Waals surface area contributed by atoms with E-state index in [0.717, 1.165) is 8.64 Å². The van der Waals surface area contributed by atoms with Crippen LogP contribution in [0.4, 0.5) is 0 Å². The van der Waals surface area contributed by atoms with Crippen LogP contribution >= 0.6 is 85.3 Å². The van der Waals surface area contributed by atoms with Crippen molar-refractivity contribution in [3.63, 3.8) is 0 Å². The molecule has 0 aromatic rings. The van der Waals surface area contributed by atoms with Gasteiger partial charge in [0.2, 0.25) is 0 Å². The highest BCUT2D eigenvalue weighted by atomic mass is 33.9. The second kappa shape index (κ2) is 10.8. The van der Waals surface area contributed by atoms with E-state index < -0.39 is 0 Å². The van der Waals surface area contributed by atoms with Gasteiger partial charge in [0, 0.05) is 28.2 Å². The highest BCUT2D eigenvalue weighted by Gasteiger charge is 2.03. The molecule has 0 aliphatic carbocycles. The van der Waals surface area contributed by atoms with Crippen molar-refractivity contribution in [2.45, 2.75) is 0 Å². The predicted octanol–water partition coefficient (Wildman–Crippen LogP) is 4.65. The second-order valence-corrected chi connectivity index (χ2v) is 13.2. The molecule has 0 N–H and O–H groups in total. The average Bonchev–Trinajstić information content (AvgIpc) is 2.21. The van der Waals surface area contributed by atoms with Gasteiger partial charge >= 0.3 is 0 Å². The summed E-state index contributed by atoms with van der Waals surface area (Å²) < 4.78 is 1.78. The molecule has 0 spiro atoms.